The van der Waals surface area contributed by atoms with E-state index in [1.807, 2.05) is 0 Å². The Morgan fingerprint density at radius 3 is 2.93 bits per heavy atom. The molecular weight excluding hydrogens is 178 g/mol. The summed E-state index contributed by atoms with van der Waals surface area (Å²) in [7, 11) is 1.50. The molecule has 0 radical (unpaired) electrons. The zero-order valence-electron chi connectivity index (χ0n) is 8.79. The van der Waals surface area contributed by atoms with Crippen LogP contribution in [0.3, 0.4) is 0 Å². The number of hydrogen-bond donors (Lipinski definition) is 1. The van der Waals surface area contributed by atoms with E-state index in [1.54, 1.807) is 0 Å². The van der Waals surface area contributed by atoms with Crippen LogP contribution >= 0.6 is 0 Å². The molecular formula is C11H19NO2. The molecule has 2 fully saturated rings. The van der Waals surface area contributed by atoms with Crippen LogP contribution in [0.2, 0.25) is 0 Å². The zero-order valence-corrected chi connectivity index (χ0v) is 8.79. The molecule has 3 nitrogen and oxygen atoms in total. The highest BCUT2D eigenvalue weighted by Crippen LogP contribution is 2.36. The van der Waals surface area contributed by atoms with Crippen molar-refractivity contribution in [2.45, 2.75) is 38.1 Å². The minimum absolute atomic E-state index is 0.00315. The van der Waals surface area contributed by atoms with Gasteiger partial charge in [0, 0.05) is 6.04 Å². The Balaban J connectivity index is 2.04. The van der Waals surface area contributed by atoms with Gasteiger partial charge in [-0.15, -0.1) is 0 Å². The van der Waals surface area contributed by atoms with E-state index < -0.39 is 0 Å². The molecule has 2 aliphatic rings. The van der Waals surface area contributed by atoms with Crippen LogP contribution in [0.5, 0.6) is 0 Å². The standard InChI is InChI=1S/C11H19NO2/c1-14-11(13)9-4-2-6-10-8(9)5-3-7-12-10/h8-10,12H,2-7H2,1H3/t8-,9+,10-/m0/s1. The average Bonchev–Trinajstić information content (AvgIpc) is 2.27. The summed E-state index contributed by atoms with van der Waals surface area (Å²) in [6.07, 6.45) is 5.81. The van der Waals surface area contributed by atoms with Gasteiger partial charge < -0.3 is 10.1 Å². The molecule has 1 aliphatic carbocycles. The number of methoxy groups -OCH3 is 1. The third kappa shape index (κ3) is 1.78. The number of fused-ring (bicyclic) bond motifs is 1. The highest BCUT2D eigenvalue weighted by atomic mass is 16.5. The lowest BCUT2D eigenvalue weighted by atomic mass is 9.72. The highest BCUT2D eigenvalue weighted by molar-refractivity contribution is 5.72. The molecule has 1 heterocycles. The van der Waals surface area contributed by atoms with Crippen molar-refractivity contribution in [3.05, 3.63) is 0 Å². The number of hydrogen-bond acceptors (Lipinski definition) is 3. The lowest BCUT2D eigenvalue weighted by Crippen LogP contribution is -2.48. The zero-order chi connectivity index (χ0) is 9.97. The van der Waals surface area contributed by atoms with E-state index in [0.29, 0.717) is 12.0 Å². The highest BCUT2D eigenvalue weighted by Gasteiger charge is 2.38. The largest absolute Gasteiger partial charge is 0.469 e. The topological polar surface area (TPSA) is 38.3 Å². The van der Waals surface area contributed by atoms with Gasteiger partial charge in [0.1, 0.15) is 0 Å². The molecule has 0 bridgehead atoms. The smallest absolute Gasteiger partial charge is 0.308 e. The van der Waals surface area contributed by atoms with Crippen LogP contribution in [-0.4, -0.2) is 25.7 Å². The fourth-order valence-electron chi connectivity index (χ4n) is 2.99. The molecule has 0 spiro atoms. The van der Waals surface area contributed by atoms with Gasteiger partial charge in [0.25, 0.3) is 0 Å². The monoisotopic (exact) mass is 197 g/mol. The van der Waals surface area contributed by atoms with Crippen LogP contribution in [-0.2, 0) is 9.53 Å². The van der Waals surface area contributed by atoms with Gasteiger partial charge in [-0.1, -0.05) is 6.42 Å². The Morgan fingerprint density at radius 2 is 2.14 bits per heavy atom. The second-order valence-corrected chi connectivity index (χ2v) is 4.43. The molecule has 0 aromatic rings. The SMILES string of the molecule is COC(=O)[C@@H]1CCC[C@@H]2NCCC[C@H]21. The number of esters is 1. The van der Waals surface area contributed by atoms with Crippen molar-refractivity contribution in [3.63, 3.8) is 0 Å². The summed E-state index contributed by atoms with van der Waals surface area (Å²) in [6, 6.07) is 0.571. The van der Waals surface area contributed by atoms with Crippen molar-refractivity contribution in [3.8, 4) is 0 Å². The van der Waals surface area contributed by atoms with Crippen LogP contribution in [0, 0.1) is 11.8 Å². The number of piperidine rings is 1. The molecule has 1 saturated heterocycles. The minimum atomic E-state index is 0.00315. The first-order valence-corrected chi connectivity index (χ1v) is 5.64. The Morgan fingerprint density at radius 1 is 1.29 bits per heavy atom. The summed E-state index contributed by atoms with van der Waals surface area (Å²) in [5.74, 6) is 0.694. The van der Waals surface area contributed by atoms with Crippen molar-refractivity contribution < 1.29 is 9.53 Å². The van der Waals surface area contributed by atoms with Crippen molar-refractivity contribution in [2.24, 2.45) is 11.8 Å². The Bertz CT molecular complexity index is 215. The van der Waals surface area contributed by atoms with Gasteiger partial charge in [0.2, 0.25) is 0 Å². The summed E-state index contributed by atoms with van der Waals surface area (Å²) < 4.78 is 4.87. The molecule has 1 N–H and O–H groups in total. The predicted octanol–water partition coefficient (Wildman–Crippen LogP) is 1.33. The molecule has 1 aliphatic heterocycles. The van der Waals surface area contributed by atoms with E-state index >= 15 is 0 Å². The molecule has 0 unspecified atom stereocenters. The van der Waals surface area contributed by atoms with E-state index in [2.05, 4.69) is 5.32 Å². The first kappa shape index (κ1) is 9.97. The fourth-order valence-corrected chi connectivity index (χ4v) is 2.99. The lowest BCUT2D eigenvalue weighted by Gasteiger charge is -2.40. The molecule has 3 atom stereocenters. The second kappa shape index (κ2) is 4.30. The van der Waals surface area contributed by atoms with E-state index in [-0.39, 0.29) is 11.9 Å². The third-order valence-electron chi connectivity index (χ3n) is 3.69. The third-order valence-corrected chi connectivity index (χ3v) is 3.69. The summed E-state index contributed by atoms with van der Waals surface area (Å²) in [4.78, 5) is 11.6. The maximum atomic E-state index is 11.6. The molecule has 0 aromatic carbocycles. The van der Waals surface area contributed by atoms with Gasteiger partial charge in [-0.2, -0.15) is 0 Å². The molecule has 2 rings (SSSR count). The molecule has 1 saturated carbocycles. The number of ether oxygens (including phenoxy) is 1. The molecule has 14 heavy (non-hydrogen) atoms. The second-order valence-electron chi connectivity index (χ2n) is 4.43. The Hall–Kier alpha value is -0.570. The molecule has 0 aromatic heterocycles. The van der Waals surface area contributed by atoms with Gasteiger partial charge in [0.15, 0.2) is 0 Å². The normalized spacial score (nSPS) is 37.4. The molecule has 0 amide bonds. The van der Waals surface area contributed by atoms with Gasteiger partial charge in [0.05, 0.1) is 13.0 Å². The van der Waals surface area contributed by atoms with Crippen LogP contribution in [0.4, 0.5) is 0 Å². The van der Waals surface area contributed by atoms with Crippen molar-refractivity contribution in [1.82, 2.24) is 5.32 Å². The van der Waals surface area contributed by atoms with E-state index in [4.69, 9.17) is 4.74 Å². The first-order chi connectivity index (χ1) is 6.83. The van der Waals surface area contributed by atoms with E-state index in [9.17, 15) is 4.79 Å². The fraction of sp³-hybridized carbons (Fsp3) is 0.909. The van der Waals surface area contributed by atoms with Crippen LogP contribution < -0.4 is 5.32 Å². The van der Waals surface area contributed by atoms with Gasteiger partial charge in [-0.25, -0.2) is 0 Å². The van der Waals surface area contributed by atoms with Crippen LogP contribution in [0.15, 0.2) is 0 Å². The van der Waals surface area contributed by atoms with Crippen molar-refractivity contribution in [1.29, 1.82) is 0 Å². The number of carbonyl (C=O) groups excluding carboxylic acids is 1. The summed E-state index contributed by atoms with van der Waals surface area (Å²) in [6.45, 7) is 1.12. The number of nitrogens with one attached hydrogen (secondary N) is 1. The van der Waals surface area contributed by atoms with E-state index in [1.165, 1.54) is 26.4 Å². The Labute approximate surface area is 85.2 Å². The van der Waals surface area contributed by atoms with Gasteiger partial charge in [-0.05, 0) is 38.1 Å². The van der Waals surface area contributed by atoms with E-state index in [0.717, 1.165) is 19.4 Å². The maximum absolute atomic E-state index is 11.6. The number of rotatable bonds is 1. The molecule has 3 heteroatoms. The predicted molar refractivity (Wildman–Crippen MR) is 53.9 cm³/mol. The number of carbonyl (C=O) groups is 1. The van der Waals surface area contributed by atoms with Gasteiger partial charge in [-0.3, -0.25) is 4.79 Å². The minimum Gasteiger partial charge on any atom is -0.469 e. The Kier molecular flexibility index (Phi) is 3.06. The van der Waals surface area contributed by atoms with Crippen molar-refractivity contribution in [2.75, 3.05) is 13.7 Å². The summed E-state index contributed by atoms with van der Waals surface area (Å²) in [5.41, 5.74) is 0. The maximum Gasteiger partial charge on any atom is 0.308 e. The summed E-state index contributed by atoms with van der Waals surface area (Å²) >= 11 is 0. The van der Waals surface area contributed by atoms with Gasteiger partial charge >= 0.3 is 5.97 Å². The first-order valence-electron chi connectivity index (χ1n) is 5.64. The van der Waals surface area contributed by atoms with Crippen LogP contribution in [0.1, 0.15) is 32.1 Å². The van der Waals surface area contributed by atoms with Crippen LogP contribution in [0.25, 0.3) is 0 Å². The van der Waals surface area contributed by atoms with Crippen molar-refractivity contribution >= 4 is 5.97 Å². The summed E-state index contributed by atoms with van der Waals surface area (Å²) in [5, 5.41) is 3.52. The average molecular weight is 197 g/mol. The quantitative estimate of drug-likeness (QED) is 0.644. The molecule has 80 valence electrons. The lowest BCUT2D eigenvalue weighted by molar-refractivity contribution is -0.149.